The first-order valence-corrected chi connectivity index (χ1v) is 11.5. The van der Waals surface area contributed by atoms with Crippen molar-refractivity contribution < 1.29 is 37.6 Å². The lowest BCUT2D eigenvalue weighted by Gasteiger charge is -2.04. The third-order valence-electron chi connectivity index (χ3n) is 3.68. The van der Waals surface area contributed by atoms with Gasteiger partial charge in [-0.2, -0.15) is 8.42 Å². The van der Waals surface area contributed by atoms with E-state index in [1.165, 1.54) is 44.9 Å². The van der Waals surface area contributed by atoms with Crippen molar-refractivity contribution in [2.45, 2.75) is 82.8 Å². The van der Waals surface area contributed by atoms with Gasteiger partial charge in [-0.3, -0.25) is 18.9 Å². The molecule has 0 aromatic rings. The molecule has 30 heavy (non-hydrogen) atoms. The summed E-state index contributed by atoms with van der Waals surface area (Å²) in [6, 6.07) is 0. The highest BCUT2D eigenvalue weighted by Crippen LogP contribution is 2.10. The number of amides is 2. The number of carboxylic acids is 1. The van der Waals surface area contributed by atoms with Gasteiger partial charge in [-0.05, 0) is 6.42 Å². The number of aliphatic hydroxyl groups excluding tert-OH is 1. The number of aliphatic hydroxyl groups is 1. The van der Waals surface area contributed by atoms with Crippen molar-refractivity contribution in [2.24, 2.45) is 17.2 Å². The van der Waals surface area contributed by atoms with E-state index in [1.54, 1.807) is 0 Å². The molecule has 0 bridgehead atoms. The zero-order valence-corrected chi connectivity index (χ0v) is 18.6. The summed E-state index contributed by atoms with van der Waals surface area (Å²) in [6.45, 7) is 2.71. The Bertz CT molecular complexity index is 554. The van der Waals surface area contributed by atoms with Crippen LogP contribution in [-0.2, 0) is 24.5 Å². The Labute approximate surface area is 179 Å². The molecule has 0 aromatic carbocycles. The Morgan fingerprint density at radius 1 is 0.867 bits per heavy atom. The van der Waals surface area contributed by atoms with Gasteiger partial charge in [-0.1, -0.05) is 58.3 Å². The van der Waals surface area contributed by atoms with Gasteiger partial charge in [-0.15, -0.1) is 0 Å². The Kier molecular flexibility index (Phi) is 24.1. The second-order valence-corrected chi connectivity index (χ2v) is 8.17. The van der Waals surface area contributed by atoms with Crippen molar-refractivity contribution in [3.8, 4) is 0 Å². The van der Waals surface area contributed by atoms with Gasteiger partial charge in [0.1, 0.15) is 0 Å². The van der Waals surface area contributed by atoms with E-state index >= 15 is 0 Å². The number of carboxylic acid groups (broad SMARTS) is 1. The molecule has 0 heterocycles. The number of aliphatic carboxylic acids is 1. The molecule has 0 aliphatic heterocycles. The van der Waals surface area contributed by atoms with Gasteiger partial charge in [0.2, 0.25) is 11.8 Å². The molecule has 11 nitrogen and oxygen atoms in total. The van der Waals surface area contributed by atoms with Crippen LogP contribution in [0.15, 0.2) is 0 Å². The van der Waals surface area contributed by atoms with Crippen LogP contribution in [0.1, 0.15) is 77.6 Å². The predicted octanol–water partition coefficient (Wildman–Crippen LogP) is 0.533. The maximum atomic E-state index is 10.4. The summed E-state index contributed by atoms with van der Waals surface area (Å²) in [7, 11) is -4.76. The van der Waals surface area contributed by atoms with Gasteiger partial charge in [0, 0.05) is 13.0 Å². The topological polar surface area (TPSA) is 224 Å². The molecule has 12 heteroatoms. The molecule has 0 spiro atoms. The molecular formula is C18H39N3O8S. The van der Waals surface area contributed by atoms with Gasteiger partial charge in [0.25, 0.3) is 10.1 Å². The zero-order chi connectivity index (χ0) is 24.0. The number of unbranched alkanes of at least 4 members (excludes halogenated alkanes) is 8. The number of hydrogen-bond donors (Lipinski definition) is 6. The monoisotopic (exact) mass is 457 g/mol. The number of primary amides is 2. The summed E-state index contributed by atoms with van der Waals surface area (Å²) in [5.41, 5.74) is 14.4. The van der Waals surface area contributed by atoms with E-state index in [0.29, 0.717) is 13.0 Å². The average molecular weight is 458 g/mol. The second kappa shape index (κ2) is 21.9. The van der Waals surface area contributed by atoms with Crippen molar-refractivity contribution in [1.82, 2.24) is 0 Å². The SMILES string of the molecule is CCCCCCCCCCCC(N)=O.NC(=O)CC(C(=O)O)S(=O)(=O)O.NCCO. The minimum absolute atomic E-state index is 0.0972. The molecule has 0 saturated heterocycles. The molecule has 0 rings (SSSR count). The lowest BCUT2D eigenvalue weighted by atomic mass is 10.1. The van der Waals surface area contributed by atoms with Crippen molar-refractivity contribution in [2.75, 3.05) is 13.2 Å². The van der Waals surface area contributed by atoms with Crippen molar-refractivity contribution in [1.29, 1.82) is 0 Å². The number of rotatable bonds is 15. The highest BCUT2D eigenvalue weighted by molar-refractivity contribution is 7.87. The predicted molar refractivity (Wildman–Crippen MR) is 114 cm³/mol. The molecule has 0 aliphatic rings. The fraction of sp³-hybridized carbons (Fsp3) is 0.833. The summed E-state index contributed by atoms with van der Waals surface area (Å²) in [6.07, 6.45) is 11.2. The van der Waals surface area contributed by atoms with E-state index in [9.17, 15) is 22.8 Å². The highest BCUT2D eigenvalue weighted by atomic mass is 32.2. The summed E-state index contributed by atoms with van der Waals surface area (Å²) in [5, 5.41) is 13.8. The van der Waals surface area contributed by atoms with E-state index in [0.717, 1.165) is 12.8 Å². The first kappa shape index (κ1) is 32.9. The van der Waals surface area contributed by atoms with Crippen molar-refractivity contribution >= 4 is 27.9 Å². The van der Waals surface area contributed by atoms with Crippen LogP contribution in [0.25, 0.3) is 0 Å². The van der Waals surface area contributed by atoms with E-state index in [1.807, 2.05) is 0 Å². The van der Waals surface area contributed by atoms with Crippen LogP contribution in [0.2, 0.25) is 0 Å². The first-order chi connectivity index (χ1) is 13.9. The maximum absolute atomic E-state index is 10.4. The standard InChI is InChI=1S/C12H25NO.C4H7NO6S.C2H7NO/c1-2-3-4-5-6-7-8-9-10-11-12(13)14;5-3(6)1-2(4(7)8)12(9,10)11;3-1-2-4/h2-11H2,1H3,(H2,13,14);2H,1H2,(H2,5,6)(H,7,8)(H,9,10,11);4H,1-3H2. The molecule has 9 N–H and O–H groups in total. The molecule has 0 aromatic heterocycles. The molecule has 0 saturated carbocycles. The smallest absolute Gasteiger partial charge is 0.324 e. The van der Waals surface area contributed by atoms with E-state index < -0.39 is 33.7 Å². The second-order valence-electron chi connectivity index (χ2n) is 6.57. The number of nitrogens with two attached hydrogens (primary N) is 3. The Morgan fingerprint density at radius 2 is 1.27 bits per heavy atom. The fourth-order valence-corrected chi connectivity index (χ4v) is 2.74. The summed E-state index contributed by atoms with van der Waals surface area (Å²) >= 11 is 0. The maximum Gasteiger partial charge on any atom is 0.324 e. The average Bonchev–Trinajstić information content (AvgIpc) is 2.64. The summed E-state index contributed by atoms with van der Waals surface area (Å²) < 4.78 is 28.8. The largest absolute Gasteiger partial charge is 0.480 e. The molecular weight excluding hydrogens is 418 g/mol. The first-order valence-electron chi connectivity index (χ1n) is 10.0. The van der Waals surface area contributed by atoms with Crippen LogP contribution in [0, 0.1) is 0 Å². The van der Waals surface area contributed by atoms with Crippen LogP contribution >= 0.6 is 0 Å². The normalized spacial score (nSPS) is 11.3. The van der Waals surface area contributed by atoms with E-state index in [-0.39, 0.29) is 12.5 Å². The van der Waals surface area contributed by atoms with Crippen LogP contribution in [-0.4, -0.2) is 59.4 Å². The fourth-order valence-electron chi connectivity index (χ4n) is 2.11. The van der Waals surface area contributed by atoms with Crippen molar-refractivity contribution in [3.05, 3.63) is 0 Å². The quantitative estimate of drug-likeness (QED) is 0.149. The van der Waals surface area contributed by atoms with Gasteiger partial charge in [0.05, 0.1) is 13.0 Å². The number of hydrogen-bond acceptors (Lipinski definition) is 7. The Morgan fingerprint density at radius 3 is 1.50 bits per heavy atom. The lowest BCUT2D eigenvalue weighted by Crippen LogP contribution is -2.34. The molecule has 1 atom stereocenters. The minimum Gasteiger partial charge on any atom is -0.480 e. The third kappa shape index (κ3) is 28.4. The van der Waals surface area contributed by atoms with Gasteiger partial charge in [0.15, 0.2) is 5.25 Å². The van der Waals surface area contributed by atoms with Gasteiger partial charge < -0.3 is 27.4 Å². The lowest BCUT2D eigenvalue weighted by molar-refractivity contribution is -0.138. The molecule has 0 radical (unpaired) electrons. The van der Waals surface area contributed by atoms with Crippen LogP contribution in [0.5, 0.6) is 0 Å². The third-order valence-corrected chi connectivity index (χ3v) is 4.76. The molecule has 1 unspecified atom stereocenters. The van der Waals surface area contributed by atoms with Crippen molar-refractivity contribution in [3.63, 3.8) is 0 Å². The highest BCUT2D eigenvalue weighted by Gasteiger charge is 2.32. The Hall–Kier alpha value is -1.76. The molecule has 180 valence electrons. The van der Waals surface area contributed by atoms with Gasteiger partial charge in [-0.25, -0.2) is 0 Å². The van der Waals surface area contributed by atoms with Crippen LogP contribution < -0.4 is 17.2 Å². The van der Waals surface area contributed by atoms with Crippen LogP contribution in [0.3, 0.4) is 0 Å². The molecule has 0 aliphatic carbocycles. The Balaban J connectivity index is -0.000000416. The number of carbonyl (C=O) groups is 3. The van der Waals surface area contributed by atoms with Crippen LogP contribution in [0.4, 0.5) is 0 Å². The summed E-state index contributed by atoms with van der Waals surface area (Å²) in [5.74, 6) is -3.08. The zero-order valence-electron chi connectivity index (χ0n) is 17.8. The molecule has 2 amide bonds. The van der Waals surface area contributed by atoms with Gasteiger partial charge >= 0.3 is 5.97 Å². The summed E-state index contributed by atoms with van der Waals surface area (Å²) in [4.78, 5) is 30.7. The number of carbonyl (C=O) groups excluding carboxylic acids is 2. The molecule has 0 fully saturated rings. The van der Waals surface area contributed by atoms with E-state index in [2.05, 4.69) is 12.7 Å². The minimum atomic E-state index is -4.76. The van der Waals surface area contributed by atoms with E-state index in [4.69, 9.17) is 26.2 Å².